The van der Waals surface area contributed by atoms with Crippen molar-refractivity contribution < 1.29 is 17.9 Å². The summed E-state index contributed by atoms with van der Waals surface area (Å²) >= 11 is 1.15. The first-order valence-corrected chi connectivity index (χ1v) is 11.3. The smallest absolute Gasteiger partial charge is 0.271 e. The van der Waals surface area contributed by atoms with Crippen LogP contribution in [0.25, 0.3) is 0 Å². The number of benzene rings is 1. The molecule has 1 aromatic carbocycles. The number of anilines is 2. The zero-order valence-electron chi connectivity index (χ0n) is 15.6. The molecule has 0 bridgehead atoms. The van der Waals surface area contributed by atoms with E-state index in [9.17, 15) is 13.2 Å². The molecule has 28 heavy (non-hydrogen) atoms. The second-order valence-corrected chi connectivity index (χ2v) is 9.11. The number of nitrogens with zero attached hydrogens (tertiary/aromatic N) is 1. The third-order valence-corrected chi connectivity index (χ3v) is 7.08. The lowest BCUT2D eigenvalue weighted by atomic mass is 10.1. The molecule has 3 rings (SSSR count). The average Bonchev–Trinajstić information content (AvgIpc) is 3.24. The minimum absolute atomic E-state index is 0.230. The van der Waals surface area contributed by atoms with Gasteiger partial charge in [0.1, 0.15) is 4.21 Å². The van der Waals surface area contributed by atoms with Gasteiger partial charge in [0.2, 0.25) is 0 Å². The normalized spacial score (nSPS) is 14.7. The summed E-state index contributed by atoms with van der Waals surface area (Å²) in [6.07, 6.45) is 0. The van der Waals surface area contributed by atoms with Crippen LogP contribution in [-0.2, 0) is 14.8 Å². The summed E-state index contributed by atoms with van der Waals surface area (Å²) in [6, 6.07) is 8.34. The highest BCUT2D eigenvalue weighted by atomic mass is 32.2. The van der Waals surface area contributed by atoms with Crippen LogP contribution in [0.15, 0.2) is 39.9 Å². The van der Waals surface area contributed by atoms with E-state index in [2.05, 4.69) is 20.3 Å². The van der Waals surface area contributed by atoms with Gasteiger partial charge in [-0.3, -0.25) is 9.52 Å². The molecule has 1 saturated heterocycles. The molecule has 0 atom stereocenters. The quantitative estimate of drug-likeness (QED) is 0.553. The number of rotatable bonds is 8. The Morgan fingerprint density at radius 1 is 1.29 bits per heavy atom. The van der Waals surface area contributed by atoms with Gasteiger partial charge in [0.25, 0.3) is 15.9 Å². The first-order chi connectivity index (χ1) is 13.5. The number of thiophene rings is 1. The predicted octanol–water partition coefficient (Wildman–Crippen LogP) is 1.33. The number of hydrogen-bond acceptors (Lipinski definition) is 7. The van der Waals surface area contributed by atoms with E-state index in [4.69, 9.17) is 4.74 Å². The summed E-state index contributed by atoms with van der Waals surface area (Å²) < 4.78 is 33.3. The number of piperazine rings is 1. The molecule has 2 heterocycles. The van der Waals surface area contributed by atoms with E-state index in [0.29, 0.717) is 24.4 Å². The van der Waals surface area contributed by atoms with Crippen LogP contribution in [0, 0.1) is 0 Å². The Morgan fingerprint density at radius 3 is 2.75 bits per heavy atom. The first-order valence-electron chi connectivity index (χ1n) is 8.94. The lowest BCUT2D eigenvalue weighted by Gasteiger charge is -2.31. The van der Waals surface area contributed by atoms with E-state index < -0.39 is 10.0 Å². The zero-order valence-corrected chi connectivity index (χ0v) is 17.2. The molecule has 3 N–H and O–H groups in total. The van der Waals surface area contributed by atoms with Crippen LogP contribution in [0.2, 0.25) is 0 Å². The Morgan fingerprint density at radius 2 is 2.07 bits per heavy atom. The topological polar surface area (TPSA) is 99.8 Å². The van der Waals surface area contributed by atoms with Crippen LogP contribution in [0.1, 0.15) is 10.4 Å². The number of carbonyl (C=O) groups excluding carboxylic acids is 1. The van der Waals surface area contributed by atoms with Crippen molar-refractivity contribution in [3.05, 3.63) is 41.3 Å². The van der Waals surface area contributed by atoms with E-state index in [1.807, 2.05) is 0 Å². The molecule has 0 saturated carbocycles. The Labute approximate surface area is 168 Å². The van der Waals surface area contributed by atoms with Crippen LogP contribution in [-0.4, -0.2) is 60.8 Å². The molecule has 1 aliphatic heterocycles. The number of methoxy groups -OCH3 is 1. The summed E-state index contributed by atoms with van der Waals surface area (Å²) in [5, 5.41) is 7.75. The van der Waals surface area contributed by atoms with E-state index in [1.165, 1.54) is 0 Å². The van der Waals surface area contributed by atoms with Gasteiger partial charge >= 0.3 is 0 Å². The van der Waals surface area contributed by atoms with Gasteiger partial charge in [0, 0.05) is 45.4 Å². The minimum Gasteiger partial charge on any atom is -0.383 e. The van der Waals surface area contributed by atoms with E-state index >= 15 is 0 Å². The fourth-order valence-electron chi connectivity index (χ4n) is 2.92. The van der Waals surface area contributed by atoms with Gasteiger partial charge in [-0.05, 0) is 29.6 Å². The second kappa shape index (κ2) is 9.37. The van der Waals surface area contributed by atoms with Crippen LogP contribution in [0.5, 0.6) is 0 Å². The van der Waals surface area contributed by atoms with Crippen molar-refractivity contribution in [2.24, 2.45) is 0 Å². The van der Waals surface area contributed by atoms with Gasteiger partial charge in [0.05, 0.1) is 18.0 Å². The molecule has 10 heteroatoms. The van der Waals surface area contributed by atoms with Gasteiger partial charge < -0.3 is 20.3 Å². The lowest BCUT2D eigenvalue weighted by Crippen LogP contribution is -2.43. The lowest BCUT2D eigenvalue weighted by molar-refractivity contribution is 0.0937. The van der Waals surface area contributed by atoms with Crippen LogP contribution in [0.3, 0.4) is 0 Å². The van der Waals surface area contributed by atoms with Gasteiger partial charge in [-0.2, -0.15) is 0 Å². The third-order valence-electron chi connectivity index (χ3n) is 4.31. The van der Waals surface area contributed by atoms with E-state index in [0.717, 1.165) is 43.2 Å². The fraction of sp³-hybridized carbons (Fsp3) is 0.389. The molecule has 8 nitrogen and oxygen atoms in total. The summed E-state index contributed by atoms with van der Waals surface area (Å²) in [5.74, 6) is -0.277. The van der Waals surface area contributed by atoms with Crippen LogP contribution >= 0.6 is 11.3 Å². The highest BCUT2D eigenvalue weighted by molar-refractivity contribution is 7.94. The molecule has 0 aliphatic carbocycles. The molecular formula is C18H24N4O4S2. The molecule has 0 unspecified atom stereocenters. The number of carbonyl (C=O) groups is 1. The largest absolute Gasteiger partial charge is 0.383 e. The Balaban J connectivity index is 1.90. The minimum atomic E-state index is -3.72. The molecule has 152 valence electrons. The monoisotopic (exact) mass is 424 g/mol. The Hall–Kier alpha value is -2.14. The van der Waals surface area contributed by atoms with Crippen LogP contribution < -0.4 is 20.3 Å². The van der Waals surface area contributed by atoms with Crippen molar-refractivity contribution >= 4 is 38.6 Å². The highest BCUT2D eigenvalue weighted by Crippen LogP contribution is 2.30. The number of ether oxygens (including phenoxy) is 1. The maximum Gasteiger partial charge on any atom is 0.271 e. The number of amides is 1. The molecule has 1 amide bonds. The van der Waals surface area contributed by atoms with E-state index in [1.54, 1.807) is 42.8 Å². The molecule has 1 aliphatic rings. The second-order valence-electron chi connectivity index (χ2n) is 6.26. The van der Waals surface area contributed by atoms with E-state index in [-0.39, 0.29) is 10.1 Å². The Bertz CT molecular complexity index is 894. The summed E-state index contributed by atoms with van der Waals surface area (Å²) in [7, 11) is -2.16. The zero-order chi connectivity index (χ0) is 20.0. The molecular weight excluding hydrogens is 400 g/mol. The summed E-state index contributed by atoms with van der Waals surface area (Å²) in [5.41, 5.74) is 1.55. The van der Waals surface area contributed by atoms with Gasteiger partial charge in [0.15, 0.2) is 0 Å². The fourth-order valence-corrected chi connectivity index (χ4v) is 4.98. The SMILES string of the molecule is COCCNC(=O)c1ccc(N2CCNCC2)c(NS(=O)(=O)c2cccs2)c1. The number of nitrogens with one attached hydrogen (secondary N) is 3. The predicted molar refractivity (Wildman–Crippen MR) is 111 cm³/mol. The highest BCUT2D eigenvalue weighted by Gasteiger charge is 2.21. The maximum absolute atomic E-state index is 12.7. The van der Waals surface area contributed by atoms with Crippen molar-refractivity contribution in [3.8, 4) is 0 Å². The first kappa shape index (κ1) is 20.6. The van der Waals surface area contributed by atoms with Crippen molar-refractivity contribution in [1.82, 2.24) is 10.6 Å². The molecule has 1 fully saturated rings. The number of hydrogen-bond donors (Lipinski definition) is 3. The summed E-state index contributed by atoms with van der Waals surface area (Å²) in [6.45, 7) is 3.93. The maximum atomic E-state index is 12.7. The van der Waals surface area contributed by atoms with Gasteiger partial charge in [-0.25, -0.2) is 8.42 Å². The molecule has 0 spiro atoms. The average molecular weight is 425 g/mol. The molecule has 1 aromatic heterocycles. The van der Waals surface area contributed by atoms with Crippen molar-refractivity contribution in [2.75, 3.05) is 56.1 Å². The summed E-state index contributed by atoms with van der Waals surface area (Å²) in [4.78, 5) is 14.5. The molecule has 0 radical (unpaired) electrons. The number of sulfonamides is 1. The van der Waals surface area contributed by atoms with Crippen molar-refractivity contribution in [2.45, 2.75) is 4.21 Å². The third kappa shape index (κ3) is 5.02. The molecule has 2 aromatic rings. The van der Waals surface area contributed by atoms with Gasteiger partial charge in [-0.15, -0.1) is 11.3 Å². The van der Waals surface area contributed by atoms with Crippen molar-refractivity contribution in [1.29, 1.82) is 0 Å². The Kier molecular flexibility index (Phi) is 6.89. The van der Waals surface area contributed by atoms with Crippen molar-refractivity contribution in [3.63, 3.8) is 0 Å². The van der Waals surface area contributed by atoms with Crippen LogP contribution in [0.4, 0.5) is 11.4 Å². The van der Waals surface area contributed by atoms with Gasteiger partial charge in [-0.1, -0.05) is 6.07 Å². The standard InChI is InChI=1S/C18H24N4O4S2/c1-26-11-8-20-18(23)14-4-5-16(22-9-6-19-7-10-22)15(13-14)21-28(24,25)17-3-2-12-27-17/h2-5,12-13,19,21H,6-11H2,1H3,(H,20,23).